The Labute approximate surface area is 63.7 Å². The lowest BCUT2D eigenvalue weighted by Gasteiger charge is -2.03. The molecule has 4 nitrogen and oxygen atoms in total. The molecule has 0 saturated heterocycles. The molecule has 60 valence electrons. The summed E-state index contributed by atoms with van der Waals surface area (Å²) < 4.78 is 29.8. The second-order valence-electron chi connectivity index (χ2n) is 1.50. The maximum atomic E-state index is 9.94. The average Bonchev–Trinajstić information content (AvgIpc) is 1.78. The Hall–Kier alpha value is -0.0700. The molecule has 0 unspecified atom stereocenters. The average molecular weight is 183 g/mol. The molecule has 0 fully saturated rings. The van der Waals surface area contributed by atoms with Crippen molar-refractivity contribution >= 4 is 28.2 Å². The van der Waals surface area contributed by atoms with Crippen molar-refractivity contribution in [3.8, 4) is 0 Å². The van der Waals surface area contributed by atoms with E-state index in [0.717, 1.165) is 11.8 Å². The Kier molecular flexibility index (Phi) is 4.67. The number of carbonyl (C=O) groups is 1. The molecule has 10 heavy (non-hydrogen) atoms. The fourth-order valence-electron chi connectivity index (χ4n) is 0.292. The summed E-state index contributed by atoms with van der Waals surface area (Å²) in [7, 11) is -4.09. The lowest BCUT2D eigenvalue weighted by Crippen LogP contribution is -2.06. The van der Waals surface area contributed by atoms with Crippen molar-refractivity contribution in [1.82, 2.24) is 0 Å². The lowest BCUT2D eigenvalue weighted by molar-refractivity contribution is -0.105. The fourth-order valence-corrected chi connectivity index (χ4v) is 1.84. The van der Waals surface area contributed by atoms with Crippen LogP contribution in [0, 0.1) is 0 Å². The van der Waals surface area contributed by atoms with E-state index in [1.54, 1.807) is 0 Å². The summed E-state index contributed by atoms with van der Waals surface area (Å²) in [6, 6.07) is 0. The first-order chi connectivity index (χ1) is 4.56. The predicted molar refractivity (Wildman–Crippen MR) is 38.0 cm³/mol. The molecule has 0 saturated carbocycles. The van der Waals surface area contributed by atoms with Gasteiger partial charge in [-0.2, -0.15) is 11.8 Å². The number of hydrogen-bond donors (Lipinski definition) is 0. The maximum absolute atomic E-state index is 9.94. The molecule has 0 aromatic rings. The second-order valence-corrected chi connectivity index (χ2v) is 4.18. The first kappa shape index (κ1) is 9.93. The molecule has 0 amide bonds. The smallest absolute Gasteiger partial charge is 0.129 e. The van der Waals surface area contributed by atoms with Crippen LogP contribution in [0.1, 0.15) is 0 Å². The van der Waals surface area contributed by atoms with Gasteiger partial charge in [-0.3, -0.25) is 0 Å². The minimum atomic E-state index is -4.09. The van der Waals surface area contributed by atoms with Crippen LogP contribution in [0.4, 0.5) is 0 Å². The molecule has 0 rings (SSSR count). The van der Waals surface area contributed by atoms with Crippen LogP contribution in [0.5, 0.6) is 0 Å². The molecule has 0 aliphatic carbocycles. The topological polar surface area (TPSA) is 74.3 Å². The molecule has 0 N–H and O–H groups in total. The van der Waals surface area contributed by atoms with E-state index in [2.05, 4.69) is 0 Å². The number of thioether (sulfide) groups is 1. The maximum Gasteiger partial charge on any atom is 0.129 e. The summed E-state index contributed by atoms with van der Waals surface area (Å²) in [5.41, 5.74) is 0. The van der Waals surface area contributed by atoms with E-state index in [4.69, 9.17) is 0 Å². The van der Waals surface area contributed by atoms with Gasteiger partial charge in [0.2, 0.25) is 0 Å². The normalized spacial score (nSPS) is 11.3. The molecule has 0 aromatic heterocycles. The van der Waals surface area contributed by atoms with E-state index in [9.17, 15) is 17.8 Å². The summed E-state index contributed by atoms with van der Waals surface area (Å²) in [5.74, 6) is 0.0472. The van der Waals surface area contributed by atoms with E-state index >= 15 is 0 Å². The van der Waals surface area contributed by atoms with Gasteiger partial charge in [-0.1, -0.05) is 0 Å². The van der Waals surface area contributed by atoms with Crippen molar-refractivity contribution in [3.63, 3.8) is 0 Å². The molecule has 6 heteroatoms. The molecule has 0 bridgehead atoms. The van der Waals surface area contributed by atoms with Crippen LogP contribution in [-0.2, 0) is 14.9 Å². The van der Waals surface area contributed by atoms with Crippen LogP contribution >= 0.6 is 11.8 Å². The van der Waals surface area contributed by atoms with E-state index in [1.165, 1.54) is 0 Å². The first-order valence-electron chi connectivity index (χ1n) is 2.51. The highest BCUT2D eigenvalue weighted by atomic mass is 32.2. The number of aldehydes is 1. The summed E-state index contributed by atoms with van der Waals surface area (Å²) in [6.07, 6.45) is 0.669. The predicted octanol–water partition coefficient (Wildman–Crippen LogP) is -0.536. The number of hydrogen-bond acceptors (Lipinski definition) is 5. The van der Waals surface area contributed by atoms with Crippen molar-refractivity contribution in [3.05, 3.63) is 0 Å². The van der Waals surface area contributed by atoms with Gasteiger partial charge < -0.3 is 9.35 Å². The molecule has 0 aliphatic heterocycles. The summed E-state index contributed by atoms with van der Waals surface area (Å²) in [5, 5.41) is 0. The van der Waals surface area contributed by atoms with Crippen LogP contribution in [0.3, 0.4) is 0 Å². The largest absolute Gasteiger partial charge is 0.748 e. The van der Waals surface area contributed by atoms with Gasteiger partial charge in [0.1, 0.15) is 6.29 Å². The minimum absolute atomic E-state index is 0.199. The van der Waals surface area contributed by atoms with Crippen LogP contribution in [-0.4, -0.2) is 36.5 Å². The van der Waals surface area contributed by atoms with E-state index < -0.39 is 15.9 Å². The van der Waals surface area contributed by atoms with Gasteiger partial charge in [0.05, 0.1) is 10.1 Å². The van der Waals surface area contributed by atoms with Crippen molar-refractivity contribution < 1.29 is 17.8 Å². The lowest BCUT2D eigenvalue weighted by atomic mass is 10.9. The third-order valence-corrected chi connectivity index (χ3v) is 2.49. The van der Waals surface area contributed by atoms with Crippen molar-refractivity contribution in [2.75, 3.05) is 17.3 Å². The zero-order valence-electron chi connectivity index (χ0n) is 5.15. The van der Waals surface area contributed by atoms with Crippen LogP contribution in [0.15, 0.2) is 0 Å². The van der Waals surface area contributed by atoms with E-state index in [0.29, 0.717) is 6.29 Å². The SMILES string of the molecule is O=CCSCCS(=O)(=O)[O-]. The zero-order valence-corrected chi connectivity index (χ0v) is 6.78. The minimum Gasteiger partial charge on any atom is -0.748 e. The highest BCUT2D eigenvalue weighted by Crippen LogP contribution is 1.97. The van der Waals surface area contributed by atoms with Gasteiger partial charge in [-0.05, 0) is 0 Å². The van der Waals surface area contributed by atoms with Crippen LogP contribution in [0.2, 0.25) is 0 Å². The van der Waals surface area contributed by atoms with E-state index in [-0.39, 0.29) is 11.5 Å². The Morgan fingerprint density at radius 1 is 1.50 bits per heavy atom. The quantitative estimate of drug-likeness (QED) is 0.325. The summed E-state index contributed by atoms with van der Waals surface area (Å²) in [6.45, 7) is 0. The molecule has 0 atom stereocenters. The van der Waals surface area contributed by atoms with Gasteiger partial charge in [0.15, 0.2) is 0 Å². The van der Waals surface area contributed by atoms with E-state index in [1.807, 2.05) is 0 Å². The Balaban J connectivity index is 3.29. The number of rotatable bonds is 5. The molecular formula is C4H7O4S2-. The second kappa shape index (κ2) is 4.70. The Morgan fingerprint density at radius 3 is 2.50 bits per heavy atom. The summed E-state index contributed by atoms with van der Waals surface area (Å²) >= 11 is 1.13. The van der Waals surface area contributed by atoms with Crippen LogP contribution < -0.4 is 0 Å². The highest BCUT2D eigenvalue weighted by Gasteiger charge is 1.93. The Morgan fingerprint density at radius 2 is 2.10 bits per heavy atom. The van der Waals surface area contributed by atoms with Gasteiger partial charge >= 0.3 is 0 Å². The molecule has 0 spiro atoms. The fraction of sp³-hybridized carbons (Fsp3) is 0.750. The first-order valence-corrected chi connectivity index (χ1v) is 5.24. The zero-order chi connectivity index (χ0) is 8.04. The third kappa shape index (κ3) is 7.93. The molecule has 0 aliphatic rings. The number of carbonyl (C=O) groups excluding carboxylic acids is 1. The van der Waals surface area contributed by atoms with Gasteiger partial charge in [0.25, 0.3) is 0 Å². The molecule has 0 heterocycles. The standard InChI is InChI=1S/C4H8O4S2/c5-1-2-9-3-4-10(6,7)8/h1H,2-4H2,(H,6,7,8)/p-1. The van der Waals surface area contributed by atoms with Crippen molar-refractivity contribution in [2.45, 2.75) is 0 Å². The van der Waals surface area contributed by atoms with Crippen molar-refractivity contribution in [1.29, 1.82) is 0 Å². The Bertz CT molecular complexity index is 183. The van der Waals surface area contributed by atoms with Gasteiger partial charge in [-0.15, -0.1) is 0 Å². The molecule has 0 aromatic carbocycles. The third-order valence-electron chi connectivity index (χ3n) is 0.664. The van der Waals surface area contributed by atoms with Gasteiger partial charge in [0, 0.05) is 17.3 Å². The van der Waals surface area contributed by atoms with Crippen molar-refractivity contribution in [2.24, 2.45) is 0 Å². The van der Waals surface area contributed by atoms with Crippen LogP contribution in [0.25, 0.3) is 0 Å². The van der Waals surface area contributed by atoms with Gasteiger partial charge in [-0.25, -0.2) is 8.42 Å². The molecule has 0 radical (unpaired) electrons. The highest BCUT2D eigenvalue weighted by molar-refractivity contribution is 8.00. The molecular weight excluding hydrogens is 176 g/mol. The summed E-state index contributed by atoms with van der Waals surface area (Å²) in [4.78, 5) is 9.68. The monoisotopic (exact) mass is 183 g/mol.